The van der Waals surface area contributed by atoms with Crippen molar-refractivity contribution in [2.45, 2.75) is 0 Å². The molecule has 11 nitrogen and oxygen atoms in total. The maximum atomic E-state index is 8.54. The Kier molecular flexibility index (Phi) is 5.69. The third-order valence-electron chi connectivity index (χ3n) is 2.90. The van der Waals surface area contributed by atoms with Crippen LogP contribution in [0.4, 0.5) is 34.6 Å². The van der Waals surface area contributed by atoms with Crippen molar-refractivity contribution in [3.8, 4) is 0 Å². The molecule has 0 saturated heterocycles. The third-order valence-corrected chi connectivity index (χ3v) is 2.90. The first-order chi connectivity index (χ1) is 10.3. The molecule has 0 atom stereocenters. The topological polar surface area (TPSA) is 184 Å². The van der Waals surface area contributed by atoms with Gasteiger partial charge in [-0.1, -0.05) is 0 Å². The first-order valence-corrected chi connectivity index (χ1v) is 6.51. The van der Waals surface area contributed by atoms with E-state index in [9.17, 15) is 0 Å². The summed E-state index contributed by atoms with van der Waals surface area (Å²) in [6.07, 6.45) is 0. The van der Waals surface area contributed by atoms with E-state index in [0.717, 1.165) is 0 Å². The van der Waals surface area contributed by atoms with Gasteiger partial charge in [0.05, 0.1) is 6.61 Å². The Bertz CT molecular complexity index is 617. The van der Waals surface area contributed by atoms with Crippen molar-refractivity contribution >= 4 is 34.6 Å². The molecule has 2 rings (SSSR count). The number of nitrogen functional groups attached to an aromatic ring is 4. The van der Waals surface area contributed by atoms with Crippen molar-refractivity contribution in [2.75, 3.05) is 53.8 Å². The fourth-order valence-corrected chi connectivity index (χ4v) is 1.74. The van der Waals surface area contributed by atoms with Crippen LogP contribution in [0.25, 0.3) is 0 Å². The zero-order valence-corrected chi connectivity index (χ0v) is 13.0. The minimum absolute atomic E-state index is 0.0355. The van der Waals surface area contributed by atoms with E-state index in [-0.39, 0.29) is 6.61 Å². The van der Waals surface area contributed by atoms with Gasteiger partial charge in [-0.05, 0) is 0 Å². The Morgan fingerprint density at radius 2 is 1.41 bits per heavy atom. The summed E-state index contributed by atoms with van der Waals surface area (Å²) in [5, 5.41) is 22.0. The van der Waals surface area contributed by atoms with Crippen molar-refractivity contribution in [3.05, 3.63) is 0 Å². The molecule has 22 heavy (non-hydrogen) atoms. The lowest BCUT2D eigenvalue weighted by atomic mass is 10.4. The van der Waals surface area contributed by atoms with Gasteiger partial charge in [-0.3, -0.25) is 0 Å². The summed E-state index contributed by atoms with van der Waals surface area (Å²) in [5.41, 5.74) is 23.5. The first-order valence-electron chi connectivity index (χ1n) is 6.51. The zero-order chi connectivity index (χ0) is 16.9. The van der Waals surface area contributed by atoms with Crippen LogP contribution in [0, 0.1) is 0 Å². The molecule has 0 aliphatic heterocycles. The molecular formula is C11H24N10O. The molecule has 124 valence electrons. The molecule has 0 saturated carbocycles. The lowest BCUT2D eigenvalue weighted by molar-refractivity contribution is 0.311. The summed E-state index contributed by atoms with van der Waals surface area (Å²) >= 11 is 0. The highest BCUT2D eigenvalue weighted by Gasteiger charge is 2.09. The SMILES string of the molecule is CNc1c(N)nn(C)c1N.Cn1nc(N)c(NCCO)c1N. The summed E-state index contributed by atoms with van der Waals surface area (Å²) in [7, 11) is 5.20. The smallest absolute Gasteiger partial charge is 0.171 e. The monoisotopic (exact) mass is 312 g/mol. The number of aliphatic hydroxyl groups excluding tert-OH is 1. The quantitative estimate of drug-likeness (QED) is 0.357. The van der Waals surface area contributed by atoms with Crippen LogP contribution in [-0.2, 0) is 14.1 Å². The van der Waals surface area contributed by atoms with Crippen molar-refractivity contribution in [3.63, 3.8) is 0 Å². The van der Waals surface area contributed by atoms with Crippen LogP contribution in [0.3, 0.4) is 0 Å². The van der Waals surface area contributed by atoms with Crippen molar-refractivity contribution < 1.29 is 5.11 Å². The number of nitrogens with one attached hydrogen (secondary N) is 2. The number of nitrogens with zero attached hydrogens (tertiary/aromatic N) is 4. The lowest BCUT2D eigenvalue weighted by Crippen LogP contribution is -2.08. The standard InChI is InChI=1S/C6H13N5O.C5H11N5/c1-11-6(8)4(5(7)10-11)9-2-3-12;1-8-3-4(6)9-10(2)5(3)7/h9,12H,2-3,8H2,1H3,(H2,7,10);8H,7H2,1-2H3,(H2,6,9). The third kappa shape index (κ3) is 3.63. The van der Waals surface area contributed by atoms with E-state index in [0.29, 0.717) is 41.2 Å². The predicted octanol–water partition coefficient (Wildman–Crippen LogP) is -1.39. The van der Waals surface area contributed by atoms with E-state index in [1.165, 1.54) is 9.36 Å². The summed E-state index contributed by atoms with van der Waals surface area (Å²) < 4.78 is 3.01. The minimum atomic E-state index is 0.0355. The average Bonchev–Trinajstić information content (AvgIpc) is 2.85. The van der Waals surface area contributed by atoms with Gasteiger partial charge in [-0.25, -0.2) is 9.36 Å². The number of rotatable bonds is 4. The highest BCUT2D eigenvalue weighted by atomic mass is 16.3. The molecule has 11 N–H and O–H groups in total. The van der Waals surface area contributed by atoms with E-state index in [2.05, 4.69) is 20.8 Å². The molecule has 0 aliphatic rings. The molecule has 0 aromatic carbocycles. The number of hydrogen-bond acceptors (Lipinski definition) is 9. The van der Waals surface area contributed by atoms with E-state index >= 15 is 0 Å². The average molecular weight is 312 g/mol. The number of hydrogen-bond donors (Lipinski definition) is 7. The molecule has 11 heteroatoms. The van der Waals surface area contributed by atoms with Crippen molar-refractivity contribution in [1.82, 2.24) is 19.6 Å². The van der Waals surface area contributed by atoms with Gasteiger partial charge in [0.25, 0.3) is 0 Å². The Morgan fingerprint density at radius 1 is 0.955 bits per heavy atom. The number of anilines is 6. The van der Waals surface area contributed by atoms with E-state index in [4.69, 9.17) is 28.0 Å². The second-order valence-corrected chi connectivity index (χ2v) is 4.44. The highest BCUT2D eigenvalue weighted by Crippen LogP contribution is 2.24. The van der Waals surface area contributed by atoms with Crippen LogP contribution in [0.1, 0.15) is 0 Å². The molecule has 0 unspecified atom stereocenters. The predicted molar refractivity (Wildman–Crippen MR) is 89.2 cm³/mol. The van der Waals surface area contributed by atoms with Gasteiger partial charge in [-0.15, -0.1) is 0 Å². The van der Waals surface area contributed by atoms with E-state index in [1.54, 1.807) is 21.1 Å². The number of aromatic nitrogens is 4. The maximum absolute atomic E-state index is 8.54. The normalized spacial score (nSPS) is 10.0. The fraction of sp³-hybridized carbons (Fsp3) is 0.455. The highest BCUT2D eigenvalue weighted by molar-refractivity contribution is 5.75. The number of nitrogens with two attached hydrogens (primary N) is 4. The molecule has 0 bridgehead atoms. The van der Waals surface area contributed by atoms with E-state index < -0.39 is 0 Å². The Labute approximate surface area is 128 Å². The Morgan fingerprint density at radius 3 is 1.68 bits per heavy atom. The molecule has 0 spiro atoms. The summed E-state index contributed by atoms with van der Waals surface area (Å²) in [5.74, 6) is 1.81. The van der Waals surface area contributed by atoms with Gasteiger partial charge in [0.2, 0.25) is 0 Å². The van der Waals surface area contributed by atoms with Gasteiger partial charge in [0.1, 0.15) is 23.0 Å². The zero-order valence-electron chi connectivity index (χ0n) is 13.0. The summed E-state index contributed by atoms with van der Waals surface area (Å²) in [4.78, 5) is 0. The Balaban J connectivity index is 0.000000224. The van der Waals surface area contributed by atoms with Gasteiger partial charge in [-0.2, -0.15) is 10.2 Å². The maximum Gasteiger partial charge on any atom is 0.171 e. The summed E-state index contributed by atoms with van der Waals surface area (Å²) in [6.45, 7) is 0.452. The minimum Gasteiger partial charge on any atom is -0.395 e. The largest absolute Gasteiger partial charge is 0.395 e. The molecule has 2 heterocycles. The molecule has 2 aromatic heterocycles. The molecule has 0 fully saturated rings. The molecule has 0 aliphatic carbocycles. The molecule has 2 aromatic rings. The second-order valence-electron chi connectivity index (χ2n) is 4.44. The first kappa shape index (κ1) is 17.2. The molecule has 0 radical (unpaired) electrons. The fourth-order valence-electron chi connectivity index (χ4n) is 1.74. The number of aryl methyl sites for hydroxylation is 2. The van der Waals surface area contributed by atoms with Crippen LogP contribution in [0.15, 0.2) is 0 Å². The van der Waals surface area contributed by atoms with Crippen LogP contribution in [0.5, 0.6) is 0 Å². The van der Waals surface area contributed by atoms with Gasteiger partial charge >= 0.3 is 0 Å². The Hall–Kier alpha value is -2.82. The van der Waals surface area contributed by atoms with Crippen molar-refractivity contribution in [2.24, 2.45) is 14.1 Å². The van der Waals surface area contributed by atoms with Gasteiger partial charge in [0, 0.05) is 27.7 Å². The van der Waals surface area contributed by atoms with Crippen LogP contribution in [-0.4, -0.2) is 44.9 Å². The van der Waals surface area contributed by atoms with Gasteiger partial charge in [0.15, 0.2) is 11.6 Å². The van der Waals surface area contributed by atoms with Crippen molar-refractivity contribution in [1.29, 1.82) is 0 Å². The number of aliphatic hydroxyl groups is 1. The molecule has 0 amide bonds. The van der Waals surface area contributed by atoms with Gasteiger partial charge < -0.3 is 38.7 Å². The van der Waals surface area contributed by atoms with Crippen LogP contribution < -0.4 is 33.6 Å². The van der Waals surface area contributed by atoms with Crippen LogP contribution >= 0.6 is 0 Å². The second kappa shape index (κ2) is 7.26. The summed E-state index contributed by atoms with van der Waals surface area (Å²) in [6, 6.07) is 0. The molecular weight excluding hydrogens is 288 g/mol. The van der Waals surface area contributed by atoms with E-state index in [1.807, 2.05) is 0 Å². The van der Waals surface area contributed by atoms with Crippen LogP contribution in [0.2, 0.25) is 0 Å². The lowest BCUT2D eigenvalue weighted by Gasteiger charge is -2.02.